The molecule has 0 radical (unpaired) electrons. The number of halogens is 1. The highest BCUT2D eigenvalue weighted by atomic mass is 35.5. The molecule has 19 heavy (non-hydrogen) atoms. The highest BCUT2D eigenvalue weighted by Gasteiger charge is 2.30. The standard InChI is InChI=1S/C13H20N2O2S.ClH/c1-2-3-11-4-6-13(7-5-11)18(16,17)15-9-8-12(14)10-15;/h4-7,12H,2-3,8-10,14H2,1H3;1H/t12-;/m0./s1. The van der Waals surface area contributed by atoms with Gasteiger partial charge in [0.2, 0.25) is 10.0 Å². The van der Waals surface area contributed by atoms with Crippen molar-refractivity contribution in [3.05, 3.63) is 29.8 Å². The lowest BCUT2D eigenvalue weighted by Crippen LogP contribution is -2.31. The maximum absolute atomic E-state index is 12.3. The first-order valence-electron chi connectivity index (χ1n) is 6.38. The van der Waals surface area contributed by atoms with Crippen molar-refractivity contribution in [2.24, 2.45) is 5.73 Å². The van der Waals surface area contributed by atoms with Crippen LogP contribution < -0.4 is 5.73 Å². The van der Waals surface area contributed by atoms with Crippen LogP contribution in [-0.2, 0) is 16.4 Å². The van der Waals surface area contributed by atoms with Crippen molar-refractivity contribution in [1.29, 1.82) is 0 Å². The van der Waals surface area contributed by atoms with Gasteiger partial charge < -0.3 is 5.73 Å². The minimum absolute atomic E-state index is 0. The van der Waals surface area contributed by atoms with E-state index in [0.29, 0.717) is 18.0 Å². The summed E-state index contributed by atoms with van der Waals surface area (Å²) in [5.74, 6) is 0. The van der Waals surface area contributed by atoms with E-state index < -0.39 is 10.0 Å². The first kappa shape index (κ1) is 16.4. The molecule has 0 amide bonds. The second-order valence-corrected chi connectivity index (χ2v) is 6.74. The highest BCUT2D eigenvalue weighted by molar-refractivity contribution is 7.89. The van der Waals surface area contributed by atoms with Crippen molar-refractivity contribution in [2.75, 3.05) is 13.1 Å². The summed E-state index contributed by atoms with van der Waals surface area (Å²) in [4.78, 5) is 0.372. The lowest BCUT2D eigenvalue weighted by atomic mass is 10.1. The SMILES string of the molecule is CCCc1ccc(S(=O)(=O)N2CC[C@H](N)C2)cc1.Cl. The van der Waals surface area contributed by atoms with Crippen LogP contribution in [0, 0.1) is 0 Å². The molecule has 1 saturated heterocycles. The molecule has 0 aromatic heterocycles. The van der Waals surface area contributed by atoms with Crippen LogP contribution in [0.1, 0.15) is 25.3 Å². The van der Waals surface area contributed by atoms with Gasteiger partial charge in [0.15, 0.2) is 0 Å². The maximum Gasteiger partial charge on any atom is 0.243 e. The Morgan fingerprint density at radius 1 is 1.32 bits per heavy atom. The Morgan fingerprint density at radius 3 is 2.42 bits per heavy atom. The van der Waals surface area contributed by atoms with Gasteiger partial charge >= 0.3 is 0 Å². The number of hydrogen-bond donors (Lipinski definition) is 1. The van der Waals surface area contributed by atoms with E-state index in [1.807, 2.05) is 12.1 Å². The summed E-state index contributed by atoms with van der Waals surface area (Å²) in [7, 11) is -3.35. The molecule has 108 valence electrons. The second-order valence-electron chi connectivity index (χ2n) is 4.81. The molecule has 1 fully saturated rings. The second kappa shape index (κ2) is 6.70. The van der Waals surface area contributed by atoms with Crippen LogP contribution >= 0.6 is 12.4 Å². The van der Waals surface area contributed by atoms with Gasteiger partial charge in [0.05, 0.1) is 4.90 Å². The molecule has 0 spiro atoms. The Balaban J connectivity index is 0.00000180. The third-order valence-corrected chi connectivity index (χ3v) is 5.17. The molecule has 1 aromatic carbocycles. The average molecular weight is 305 g/mol. The zero-order valence-electron chi connectivity index (χ0n) is 11.1. The molecule has 2 rings (SSSR count). The van der Waals surface area contributed by atoms with Gasteiger partial charge in [-0.15, -0.1) is 12.4 Å². The molecule has 2 N–H and O–H groups in total. The van der Waals surface area contributed by atoms with Gasteiger partial charge in [-0.25, -0.2) is 8.42 Å². The quantitative estimate of drug-likeness (QED) is 0.922. The van der Waals surface area contributed by atoms with Gasteiger partial charge in [0.25, 0.3) is 0 Å². The van der Waals surface area contributed by atoms with Crippen LogP contribution in [-0.4, -0.2) is 31.9 Å². The third-order valence-electron chi connectivity index (χ3n) is 3.29. The van der Waals surface area contributed by atoms with Crippen LogP contribution in [0.5, 0.6) is 0 Å². The van der Waals surface area contributed by atoms with Crippen molar-refractivity contribution in [3.63, 3.8) is 0 Å². The fraction of sp³-hybridized carbons (Fsp3) is 0.538. The predicted molar refractivity (Wildman–Crippen MR) is 79.0 cm³/mol. The van der Waals surface area contributed by atoms with E-state index in [0.717, 1.165) is 19.3 Å². The summed E-state index contributed by atoms with van der Waals surface area (Å²) >= 11 is 0. The fourth-order valence-electron chi connectivity index (χ4n) is 2.24. The first-order valence-corrected chi connectivity index (χ1v) is 7.82. The summed E-state index contributed by atoms with van der Waals surface area (Å²) in [6.45, 7) is 3.07. The molecular formula is C13H21ClN2O2S. The molecule has 0 unspecified atom stereocenters. The first-order chi connectivity index (χ1) is 8.54. The summed E-state index contributed by atoms with van der Waals surface area (Å²) in [6.07, 6.45) is 2.79. The molecule has 0 saturated carbocycles. The molecule has 1 aliphatic heterocycles. The summed E-state index contributed by atoms with van der Waals surface area (Å²) < 4.78 is 26.1. The van der Waals surface area contributed by atoms with Gasteiger partial charge in [-0.05, 0) is 30.5 Å². The van der Waals surface area contributed by atoms with Gasteiger partial charge in [-0.2, -0.15) is 4.31 Å². The van der Waals surface area contributed by atoms with Crippen LogP contribution in [0.2, 0.25) is 0 Å². The lowest BCUT2D eigenvalue weighted by Gasteiger charge is -2.16. The normalized spacial score (nSPS) is 20.2. The van der Waals surface area contributed by atoms with E-state index in [2.05, 4.69) is 6.92 Å². The Labute approximate surface area is 121 Å². The Bertz CT molecular complexity index is 502. The third kappa shape index (κ3) is 3.69. The van der Waals surface area contributed by atoms with Crippen molar-refractivity contribution >= 4 is 22.4 Å². The Morgan fingerprint density at radius 2 is 1.95 bits per heavy atom. The zero-order chi connectivity index (χ0) is 13.2. The lowest BCUT2D eigenvalue weighted by molar-refractivity contribution is 0.472. The molecule has 1 aromatic rings. The minimum Gasteiger partial charge on any atom is -0.326 e. The minimum atomic E-state index is -3.35. The van der Waals surface area contributed by atoms with E-state index in [1.165, 1.54) is 9.87 Å². The van der Waals surface area contributed by atoms with Crippen molar-refractivity contribution < 1.29 is 8.42 Å². The Hall–Kier alpha value is -0.620. The van der Waals surface area contributed by atoms with E-state index in [1.54, 1.807) is 12.1 Å². The van der Waals surface area contributed by atoms with Gasteiger partial charge in [0, 0.05) is 19.1 Å². The number of sulfonamides is 1. The van der Waals surface area contributed by atoms with E-state index in [4.69, 9.17) is 5.73 Å². The average Bonchev–Trinajstić information content (AvgIpc) is 2.78. The smallest absolute Gasteiger partial charge is 0.243 e. The molecule has 0 aliphatic carbocycles. The molecule has 6 heteroatoms. The number of benzene rings is 1. The topological polar surface area (TPSA) is 63.4 Å². The largest absolute Gasteiger partial charge is 0.326 e. The van der Waals surface area contributed by atoms with Crippen LogP contribution in [0.25, 0.3) is 0 Å². The summed E-state index contributed by atoms with van der Waals surface area (Å²) in [6, 6.07) is 7.16. The molecule has 4 nitrogen and oxygen atoms in total. The van der Waals surface area contributed by atoms with Crippen LogP contribution in [0.4, 0.5) is 0 Å². The van der Waals surface area contributed by atoms with Crippen molar-refractivity contribution in [1.82, 2.24) is 4.31 Å². The Kier molecular flexibility index (Phi) is 5.80. The highest BCUT2D eigenvalue weighted by Crippen LogP contribution is 2.21. The molecule has 1 atom stereocenters. The van der Waals surface area contributed by atoms with Gasteiger partial charge in [0.1, 0.15) is 0 Å². The summed E-state index contributed by atoms with van der Waals surface area (Å²) in [5.41, 5.74) is 6.93. The summed E-state index contributed by atoms with van der Waals surface area (Å²) in [5, 5.41) is 0. The van der Waals surface area contributed by atoms with E-state index in [-0.39, 0.29) is 18.4 Å². The molecule has 1 aliphatic rings. The van der Waals surface area contributed by atoms with E-state index in [9.17, 15) is 8.42 Å². The zero-order valence-corrected chi connectivity index (χ0v) is 12.7. The number of nitrogens with zero attached hydrogens (tertiary/aromatic N) is 1. The monoisotopic (exact) mass is 304 g/mol. The maximum atomic E-state index is 12.3. The van der Waals surface area contributed by atoms with E-state index >= 15 is 0 Å². The number of nitrogens with two attached hydrogens (primary N) is 1. The van der Waals surface area contributed by atoms with Gasteiger partial charge in [-0.3, -0.25) is 0 Å². The van der Waals surface area contributed by atoms with Crippen molar-refractivity contribution in [3.8, 4) is 0 Å². The number of rotatable bonds is 4. The molecule has 1 heterocycles. The fourth-order valence-corrected chi connectivity index (χ4v) is 3.75. The van der Waals surface area contributed by atoms with Crippen LogP contribution in [0.3, 0.4) is 0 Å². The number of hydrogen-bond acceptors (Lipinski definition) is 3. The van der Waals surface area contributed by atoms with Crippen molar-refractivity contribution in [2.45, 2.75) is 37.1 Å². The predicted octanol–water partition coefficient (Wildman–Crippen LogP) is 1.78. The number of aryl methyl sites for hydroxylation is 1. The molecular weight excluding hydrogens is 284 g/mol. The van der Waals surface area contributed by atoms with Crippen LogP contribution in [0.15, 0.2) is 29.2 Å². The molecule has 0 bridgehead atoms. The van der Waals surface area contributed by atoms with Gasteiger partial charge in [-0.1, -0.05) is 25.5 Å².